The van der Waals surface area contributed by atoms with Crippen LogP contribution >= 0.6 is 0 Å². The van der Waals surface area contributed by atoms with Crippen LogP contribution in [0.3, 0.4) is 0 Å². The van der Waals surface area contributed by atoms with Crippen molar-refractivity contribution in [2.45, 2.75) is 0 Å². The van der Waals surface area contributed by atoms with Crippen molar-refractivity contribution in [1.29, 1.82) is 0 Å². The van der Waals surface area contributed by atoms with E-state index in [9.17, 15) is 9.59 Å². The van der Waals surface area contributed by atoms with Crippen LogP contribution in [0.2, 0.25) is 0 Å². The Balaban J connectivity index is 2.64. The Hall–Kier alpha value is -2.24. The average molecular weight is 207 g/mol. The third-order valence-electron chi connectivity index (χ3n) is 1.99. The molecule has 1 heterocycles. The Kier molecular flexibility index (Phi) is 2.17. The van der Waals surface area contributed by atoms with E-state index in [0.717, 1.165) is 4.57 Å². The summed E-state index contributed by atoms with van der Waals surface area (Å²) in [7, 11) is 1.52. The highest BCUT2D eigenvalue weighted by Gasteiger charge is 2.05. The lowest BCUT2D eigenvalue weighted by Gasteiger charge is -2.02. The minimum atomic E-state index is -0.506. The van der Waals surface area contributed by atoms with Crippen LogP contribution in [0.15, 0.2) is 33.9 Å². The maximum atomic E-state index is 11.3. The monoisotopic (exact) mass is 207 g/mol. The van der Waals surface area contributed by atoms with Gasteiger partial charge in [0.25, 0.3) is 0 Å². The lowest BCUT2D eigenvalue weighted by atomic mass is 10.3. The predicted octanol–water partition coefficient (Wildman–Crippen LogP) is -0.138. The van der Waals surface area contributed by atoms with Crippen molar-refractivity contribution in [2.24, 2.45) is 0 Å². The molecule has 2 aromatic rings. The molecule has 0 spiro atoms. The summed E-state index contributed by atoms with van der Waals surface area (Å²) in [4.78, 5) is 22.6. The minimum Gasteiger partial charge on any atom is -0.497 e. The Morgan fingerprint density at radius 3 is 2.47 bits per heavy atom. The smallest absolute Gasteiger partial charge is 0.348 e. The van der Waals surface area contributed by atoms with Crippen molar-refractivity contribution in [3.05, 3.63) is 45.2 Å². The Morgan fingerprint density at radius 2 is 1.87 bits per heavy atom. The predicted molar refractivity (Wildman–Crippen MR) is 53.6 cm³/mol. The molecule has 0 saturated carbocycles. The molecule has 78 valence electrons. The zero-order valence-corrected chi connectivity index (χ0v) is 7.98. The molecule has 0 bridgehead atoms. The summed E-state index contributed by atoms with van der Waals surface area (Å²) >= 11 is 0. The highest BCUT2D eigenvalue weighted by Crippen LogP contribution is 2.13. The fraction of sp³-hybridized carbons (Fsp3) is 0.111. The number of aromatic nitrogens is 3. The quantitative estimate of drug-likeness (QED) is 0.719. The van der Waals surface area contributed by atoms with Gasteiger partial charge in [0.1, 0.15) is 5.75 Å². The van der Waals surface area contributed by atoms with Gasteiger partial charge in [0, 0.05) is 6.07 Å². The molecule has 0 radical (unpaired) electrons. The number of nitrogens with one attached hydrogen (secondary N) is 2. The van der Waals surface area contributed by atoms with Crippen molar-refractivity contribution in [1.82, 2.24) is 14.8 Å². The van der Waals surface area contributed by atoms with Gasteiger partial charge in [-0.05, 0) is 12.1 Å². The van der Waals surface area contributed by atoms with Gasteiger partial charge in [0.2, 0.25) is 0 Å². The average Bonchev–Trinajstić information content (AvgIpc) is 2.59. The van der Waals surface area contributed by atoms with E-state index in [1.807, 2.05) is 0 Å². The molecule has 0 fully saturated rings. The largest absolute Gasteiger partial charge is 0.497 e. The molecule has 2 rings (SSSR count). The minimum absolute atomic E-state index is 0.460. The van der Waals surface area contributed by atoms with Gasteiger partial charge in [-0.3, -0.25) is 0 Å². The molecule has 1 aromatic carbocycles. The second kappa shape index (κ2) is 3.49. The summed E-state index contributed by atoms with van der Waals surface area (Å²) in [5.74, 6) is 0.583. The van der Waals surface area contributed by atoms with E-state index in [1.54, 1.807) is 24.3 Å². The van der Waals surface area contributed by atoms with Crippen LogP contribution in [-0.4, -0.2) is 21.9 Å². The Bertz CT molecular complexity index is 551. The van der Waals surface area contributed by atoms with E-state index in [0.29, 0.717) is 11.4 Å². The number of rotatable bonds is 2. The first kappa shape index (κ1) is 9.32. The topological polar surface area (TPSA) is 79.9 Å². The maximum absolute atomic E-state index is 11.3. The molecule has 0 atom stereocenters. The number of hydrogen-bond donors (Lipinski definition) is 2. The first-order chi connectivity index (χ1) is 7.22. The van der Waals surface area contributed by atoms with Gasteiger partial charge in [0.15, 0.2) is 0 Å². The highest BCUT2D eigenvalue weighted by atomic mass is 16.5. The molecule has 0 aliphatic heterocycles. The van der Waals surface area contributed by atoms with E-state index >= 15 is 0 Å². The lowest BCUT2D eigenvalue weighted by Crippen LogP contribution is -2.24. The van der Waals surface area contributed by atoms with Crippen molar-refractivity contribution < 1.29 is 4.74 Å². The van der Waals surface area contributed by atoms with Gasteiger partial charge in [-0.15, -0.1) is 0 Å². The summed E-state index contributed by atoms with van der Waals surface area (Å²) in [6.45, 7) is 0. The molecular weight excluding hydrogens is 198 g/mol. The first-order valence-electron chi connectivity index (χ1n) is 4.26. The first-order valence-corrected chi connectivity index (χ1v) is 4.26. The fourth-order valence-corrected chi connectivity index (χ4v) is 1.30. The second-order valence-electron chi connectivity index (χ2n) is 2.90. The van der Waals surface area contributed by atoms with E-state index in [2.05, 4.69) is 10.2 Å². The molecule has 6 heteroatoms. The highest BCUT2D eigenvalue weighted by molar-refractivity contribution is 5.38. The van der Waals surface area contributed by atoms with Gasteiger partial charge in [0.05, 0.1) is 12.8 Å². The third-order valence-corrected chi connectivity index (χ3v) is 1.99. The standard InChI is InChI=1S/C9H9N3O3/c1-15-7-4-2-3-6(5-7)12-8(13)10-11-9(12)14/h2-5H,1H3,(H,10,13)(H,11,14). The molecule has 0 aliphatic carbocycles. The van der Waals surface area contributed by atoms with E-state index < -0.39 is 11.4 Å². The molecule has 0 amide bonds. The zero-order valence-electron chi connectivity index (χ0n) is 7.98. The van der Waals surface area contributed by atoms with Gasteiger partial charge in [-0.2, -0.15) is 0 Å². The number of ether oxygens (including phenoxy) is 1. The molecule has 0 saturated heterocycles. The Morgan fingerprint density at radius 1 is 1.20 bits per heavy atom. The van der Waals surface area contributed by atoms with Gasteiger partial charge >= 0.3 is 11.4 Å². The van der Waals surface area contributed by atoms with Crippen LogP contribution in [0.4, 0.5) is 0 Å². The van der Waals surface area contributed by atoms with Crippen molar-refractivity contribution in [3.63, 3.8) is 0 Å². The summed E-state index contributed by atoms with van der Waals surface area (Å²) in [5, 5.41) is 4.40. The van der Waals surface area contributed by atoms with E-state index in [4.69, 9.17) is 4.74 Å². The lowest BCUT2D eigenvalue weighted by molar-refractivity contribution is 0.414. The molecule has 15 heavy (non-hydrogen) atoms. The zero-order chi connectivity index (χ0) is 10.8. The fourth-order valence-electron chi connectivity index (χ4n) is 1.30. The van der Waals surface area contributed by atoms with Crippen molar-refractivity contribution >= 4 is 0 Å². The Labute approximate surface area is 84.1 Å². The third kappa shape index (κ3) is 1.56. The molecule has 2 N–H and O–H groups in total. The normalized spacial score (nSPS) is 10.2. The summed E-state index contributed by atoms with van der Waals surface area (Å²) in [6, 6.07) is 6.68. The van der Waals surface area contributed by atoms with Crippen LogP contribution in [0.5, 0.6) is 5.75 Å². The van der Waals surface area contributed by atoms with Crippen LogP contribution in [0, 0.1) is 0 Å². The summed E-state index contributed by atoms with van der Waals surface area (Å²) in [6.07, 6.45) is 0. The maximum Gasteiger partial charge on any atom is 0.348 e. The molecule has 0 unspecified atom stereocenters. The van der Waals surface area contributed by atoms with Crippen LogP contribution < -0.4 is 16.1 Å². The SMILES string of the molecule is COc1cccc(-n2c(=O)[nH][nH]c2=O)c1. The number of methoxy groups -OCH3 is 1. The van der Waals surface area contributed by atoms with Gasteiger partial charge in [-0.1, -0.05) is 6.07 Å². The number of benzene rings is 1. The second-order valence-corrected chi connectivity index (χ2v) is 2.90. The van der Waals surface area contributed by atoms with E-state index in [1.165, 1.54) is 7.11 Å². The summed E-state index contributed by atoms with van der Waals surface area (Å²) < 4.78 is 5.98. The van der Waals surface area contributed by atoms with Crippen LogP contribution in [-0.2, 0) is 0 Å². The van der Waals surface area contributed by atoms with Crippen LogP contribution in [0.1, 0.15) is 0 Å². The molecule has 0 aliphatic rings. The van der Waals surface area contributed by atoms with Gasteiger partial charge in [-0.25, -0.2) is 24.4 Å². The molecule has 6 nitrogen and oxygen atoms in total. The van der Waals surface area contributed by atoms with Crippen LogP contribution in [0.25, 0.3) is 5.69 Å². The van der Waals surface area contributed by atoms with Crippen molar-refractivity contribution in [2.75, 3.05) is 7.11 Å². The number of hydrogen-bond acceptors (Lipinski definition) is 3. The van der Waals surface area contributed by atoms with E-state index in [-0.39, 0.29) is 0 Å². The number of aromatic amines is 2. The molecule has 1 aromatic heterocycles. The molecular formula is C9H9N3O3. The number of nitrogens with zero attached hydrogens (tertiary/aromatic N) is 1. The number of H-pyrrole nitrogens is 2. The van der Waals surface area contributed by atoms with Gasteiger partial charge < -0.3 is 4.74 Å². The van der Waals surface area contributed by atoms with Crippen molar-refractivity contribution in [3.8, 4) is 11.4 Å². The summed E-state index contributed by atoms with van der Waals surface area (Å²) in [5.41, 5.74) is -0.552.